The van der Waals surface area contributed by atoms with Crippen LogP contribution in [-0.4, -0.2) is 9.97 Å². The molecule has 0 atom stereocenters. The van der Waals surface area contributed by atoms with Gasteiger partial charge in [0.15, 0.2) is 18.9 Å². The van der Waals surface area contributed by atoms with Gasteiger partial charge >= 0.3 is 0 Å². The third-order valence-corrected chi connectivity index (χ3v) is 5.72. The summed E-state index contributed by atoms with van der Waals surface area (Å²) in [6, 6.07) is 14.6. The molecule has 0 saturated heterocycles. The van der Waals surface area contributed by atoms with Crippen molar-refractivity contribution in [2.24, 2.45) is 0 Å². The molecular formula is C17H12Br2N3S+. The zero-order valence-electron chi connectivity index (χ0n) is 12.0. The lowest BCUT2D eigenvalue weighted by atomic mass is 10.2. The van der Waals surface area contributed by atoms with Crippen LogP contribution in [0.3, 0.4) is 0 Å². The van der Waals surface area contributed by atoms with Crippen LogP contribution in [0.25, 0.3) is 21.7 Å². The summed E-state index contributed by atoms with van der Waals surface area (Å²) in [5, 5.41) is 0. The molecule has 4 rings (SSSR count). The van der Waals surface area contributed by atoms with E-state index in [-0.39, 0.29) is 0 Å². The first-order chi connectivity index (χ1) is 11.2. The molecule has 0 aliphatic carbocycles. The first kappa shape index (κ1) is 15.1. The summed E-state index contributed by atoms with van der Waals surface area (Å²) in [7, 11) is 0. The number of hydrogen-bond acceptors (Lipinski definition) is 2. The van der Waals surface area contributed by atoms with Crippen LogP contribution < -0.4 is 4.57 Å². The Labute approximate surface area is 154 Å². The van der Waals surface area contributed by atoms with Crippen molar-refractivity contribution in [1.29, 1.82) is 0 Å². The number of nitrogens with zero attached hydrogens (tertiary/aromatic N) is 2. The fourth-order valence-electron chi connectivity index (χ4n) is 2.46. The fourth-order valence-corrected chi connectivity index (χ4v) is 4.05. The maximum Gasteiger partial charge on any atom is 0.195 e. The van der Waals surface area contributed by atoms with E-state index in [0.29, 0.717) is 0 Å². The normalized spacial score (nSPS) is 11.2. The highest BCUT2D eigenvalue weighted by molar-refractivity contribution is 9.11. The van der Waals surface area contributed by atoms with Crippen molar-refractivity contribution >= 4 is 54.2 Å². The molecule has 0 spiro atoms. The lowest BCUT2D eigenvalue weighted by Gasteiger charge is -1.98. The van der Waals surface area contributed by atoms with E-state index < -0.39 is 0 Å². The lowest BCUT2D eigenvalue weighted by molar-refractivity contribution is -0.687. The molecule has 0 saturated carbocycles. The smallest absolute Gasteiger partial charge is 0.195 e. The second kappa shape index (κ2) is 6.19. The molecule has 114 valence electrons. The standard InChI is InChI=1S/C17H11Br2N3S/c18-12-3-1-11(2-4-12)9-22-8-7-13-14(10-22)21-17(20-13)15-5-6-16(19)23-15/h1-8,10H,9H2/p+1. The predicted molar refractivity (Wildman–Crippen MR) is 101 cm³/mol. The molecule has 0 unspecified atom stereocenters. The van der Waals surface area contributed by atoms with Gasteiger partial charge in [0.25, 0.3) is 0 Å². The van der Waals surface area contributed by atoms with Gasteiger partial charge in [0.05, 0.1) is 8.66 Å². The summed E-state index contributed by atoms with van der Waals surface area (Å²) in [6.45, 7) is 0.835. The van der Waals surface area contributed by atoms with E-state index in [2.05, 4.69) is 95.2 Å². The van der Waals surface area contributed by atoms with Crippen LogP contribution in [-0.2, 0) is 6.54 Å². The number of nitrogens with one attached hydrogen (secondary N) is 1. The van der Waals surface area contributed by atoms with E-state index in [9.17, 15) is 0 Å². The van der Waals surface area contributed by atoms with Crippen molar-refractivity contribution in [3.05, 3.63) is 68.7 Å². The molecule has 0 radical (unpaired) electrons. The van der Waals surface area contributed by atoms with E-state index in [0.717, 1.165) is 36.5 Å². The van der Waals surface area contributed by atoms with Crippen LogP contribution in [0.2, 0.25) is 0 Å². The Hall–Kier alpha value is -1.50. The summed E-state index contributed by atoms with van der Waals surface area (Å²) >= 11 is 8.64. The van der Waals surface area contributed by atoms with Crippen LogP contribution in [0.1, 0.15) is 5.56 Å². The Balaban J connectivity index is 1.66. The number of halogens is 2. The van der Waals surface area contributed by atoms with Gasteiger partial charge in [-0.2, -0.15) is 4.57 Å². The topological polar surface area (TPSA) is 32.6 Å². The summed E-state index contributed by atoms with van der Waals surface area (Å²) in [5.41, 5.74) is 3.29. The molecule has 4 aromatic rings. The predicted octanol–water partition coefficient (Wildman–Crippen LogP) is 5.15. The van der Waals surface area contributed by atoms with E-state index in [1.54, 1.807) is 11.3 Å². The fraction of sp³-hybridized carbons (Fsp3) is 0.0588. The number of H-pyrrole nitrogens is 1. The highest BCUT2D eigenvalue weighted by Gasteiger charge is 2.11. The minimum Gasteiger partial charge on any atom is -0.332 e. The highest BCUT2D eigenvalue weighted by atomic mass is 79.9. The number of aromatic amines is 1. The molecule has 23 heavy (non-hydrogen) atoms. The average Bonchev–Trinajstić information content (AvgIpc) is 3.15. The Bertz CT molecular complexity index is 973. The van der Waals surface area contributed by atoms with Gasteiger partial charge < -0.3 is 4.98 Å². The third kappa shape index (κ3) is 3.24. The van der Waals surface area contributed by atoms with Gasteiger partial charge in [-0.25, -0.2) is 4.98 Å². The molecule has 0 amide bonds. The van der Waals surface area contributed by atoms with Gasteiger partial charge in [-0.05, 0) is 40.2 Å². The quantitative estimate of drug-likeness (QED) is 0.431. The van der Waals surface area contributed by atoms with Crippen LogP contribution in [0.5, 0.6) is 0 Å². The SMILES string of the molecule is Brc1ccc(C[n+]2ccc3nc(-c4ccc(Br)s4)[nH]c3c2)cc1. The van der Waals surface area contributed by atoms with Gasteiger partial charge in [0, 0.05) is 16.1 Å². The summed E-state index contributed by atoms with van der Waals surface area (Å²) in [4.78, 5) is 9.21. The van der Waals surface area contributed by atoms with Crippen molar-refractivity contribution < 1.29 is 4.57 Å². The molecule has 1 N–H and O–H groups in total. The largest absolute Gasteiger partial charge is 0.332 e. The van der Waals surface area contributed by atoms with Crippen molar-refractivity contribution in [1.82, 2.24) is 9.97 Å². The maximum atomic E-state index is 4.67. The van der Waals surface area contributed by atoms with Crippen LogP contribution in [0.15, 0.2) is 63.1 Å². The maximum absolute atomic E-state index is 4.67. The van der Waals surface area contributed by atoms with Gasteiger partial charge in [0.1, 0.15) is 16.9 Å². The monoisotopic (exact) mass is 448 g/mol. The molecule has 1 aromatic carbocycles. The Morgan fingerprint density at radius 2 is 1.87 bits per heavy atom. The number of imidazole rings is 1. The number of fused-ring (bicyclic) bond motifs is 1. The van der Waals surface area contributed by atoms with Crippen molar-refractivity contribution in [3.8, 4) is 10.7 Å². The average molecular weight is 450 g/mol. The molecule has 3 aromatic heterocycles. The molecule has 0 bridgehead atoms. The van der Waals surface area contributed by atoms with Gasteiger partial charge in [-0.15, -0.1) is 11.3 Å². The van der Waals surface area contributed by atoms with Crippen molar-refractivity contribution in [2.45, 2.75) is 6.54 Å². The van der Waals surface area contributed by atoms with E-state index in [1.165, 1.54) is 5.56 Å². The summed E-state index contributed by atoms with van der Waals surface area (Å²) in [6.07, 6.45) is 4.18. The number of pyridine rings is 1. The molecule has 0 aliphatic rings. The third-order valence-electron chi connectivity index (χ3n) is 3.57. The van der Waals surface area contributed by atoms with Crippen LogP contribution in [0.4, 0.5) is 0 Å². The molecule has 3 nitrogen and oxygen atoms in total. The van der Waals surface area contributed by atoms with Gasteiger partial charge in [0.2, 0.25) is 0 Å². The number of benzene rings is 1. The first-order valence-corrected chi connectivity index (χ1v) is 9.46. The molecule has 0 fully saturated rings. The van der Waals surface area contributed by atoms with E-state index in [4.69, 9.17) is 0 Å². The Morgan fingerprint density at radius 3 is 2.61 bits per heavy atom. The number of rotatable bonds is 3. The van der Waals surface area contributed by atoms with Crippen LogP contribution >= 0.6 is 43.2 Å². The molecular weight excluding hydrogens is 438 g/mol. The van der Waals surface area contributed by atoms with E-state index in [1.807, 2.05) is 6.07 Å². The minimum absolute atomic E-state index is 0.835. The highest BCUT2D eigenvalue weighted by Crippen LogP contribution is 2.30. The lowest BCUT2D eigenvalue weighted by Crippen LogP contribution is -2.33. The first-order valence-electron chi connectivity index (χ1n) is 7.06. The second-order valence-corrected chi connectivity index (χ2v) is 8.61. The van der Waals surface area contributed by atoms with Crippen LogP contribution in [0, 0.1) is 0 Å². The van der Waals surface area contributed by atoms with Gasteiger partial charge in [-0.3, -0.25) is 0 Å². The summed E-state index contributed by atoms with van der Waals surface area (Å²) < 4.78 is 4.37. The van der Waals surface area contributed by atoms with Crippen molar-refractivity contribution in [3.63, 3.8) is 0 Å². The molecule has 6 heteroatoms. The zero-order chi connectivity index (χ0) is 15.8. The van der Waals surface area contributed by atoms with Crippen molar-refractivity contribution in [2.75, 3.05) is 0 Å². The Morgan fingerprint density at radius 1 is 1.04 bits per heavy atom. The van der Waals surface area contributed by atoms with Gasteiger partial charge in [-0.1, -0.05) is 28.1 Å². The summed E-state index contributed by atoms with van der Waals surface area (Å²) in [5.74, 6) is 0.914. The van der Waals surface area contributed by atoms with E-state index >= 15 is 0 Å². The Kier molecular flexibility index (Phi) is 4.05. The number of hydrogen-bond donors (Lipinski definition) is 1. The second-order valence-electron chi connectivity index (χ2n) is 5.23. The minimum atomic E-state index is 0.835. The zero-order valence-corrected chi connectivity index (χ0v) is 16.0. The number of aromatic nitrogens is 3. The number of thiophene rings is 1. The molecule has 3 heterocycles. The molecule has 0 aliphatic heterocycles.